The number of carbonyl (C=O) groups is 1. The Morgan fingerprint density at radius 1 is 1.05 bits per heavy atom. The van der Waals surface area contributed by atoms with E-state index in [0.717, 1.165) is 57.8 Å². The monoisotopic (exact) mass is 692 g/mol. The van der Waals surface area contributed by atoms with E-state index in [1.54, 1.807) is 6.20 Å². The van der Waals surface area contributed by atoms with E-state index < -0.39 is 19.8 Å². The van der Waals surface area contributed by atoms with Crippen LogP contribution in [-0.4, -0.2) is 60.9 Å². The number of likely N-dealkylation sites (tertiary alicyclic amines) is 1. The summed E-state index contributed by atoms with van der Waals surface area (Å²) in [7, 11) is 2.14. The van der Waals surface area contributed by atoms with Gasteiger partial charge in [-0.25, -0.2) is 0 Å². The second-order valence-corrected chi connectivity index (χ2v) is 19.3. The Hall–Kier alpha value is -3.11. The normalized spacial score (nSPS) is 20.4. The molecule has 0 bridgehead atoms. The molecule has 2 saturated heterocycles. The molecule has 2 atom stereocenters. The van der Waals surface area contributed by atoms with E-state index in [-0.39, 0.29) is 16.9 Å². The van der Waals surface area contributed by atoms with Crippen LogP contribution in [0.1, 0.15) is 55.8 Å². The van der Waals surface area contributed by atoms with Crippen molar-refractivity contribution in [1.82, 2.24) is 14.8 Å². The molecule has 3 aromatic carbocycles. The van der Waals surface area contributed by atoms with Crippen LogP contribution in [0.25, 0.3) is 27.4 Å². The summed E-state index contributed by atoms with van der Waals surface area (Å²) in [6.45, 7) is 4.92. The summed E-state index contributed by atoms with van der Waals surface area (Å²) in [5, 5.41) is 9.38. The number of hydrogen-bond donors (Lipinski definition) is 2. The van der Waals surface area contributed by atoms with Crippen LogP contribution in [0.5, 0.6) is 11.5 Å². The van der Waals surface area contributed by atoms with Gasteiger partial charge in [0.15, 0.2) is 0 Å². The third-order valence-electron chi connectivity index (χ3n) is 9.54. The van der Waals surface area contributed by atoms with Crippen LogP contribution in [0.3, 0.4) is 0 Å². The van der Waals surface area contributed by atoms with E-state index in [4.69, 9.17) is 4.74 Å². The van der Waals surface area contributed by atoms with E-state index in [0.29, 0.717) is 29.2 Å². The van der Waals surface area contributed by atoms with E-state index in [1.165, 1.54) is 34.5 Å². The average Bonchev–Trinajstić information content (AvgIpc) is 3.66. The fourth-order valence-electron chi connectivity index (χ4n) is 7.16. The van der Waals surface area contributed by atoms with Gasteiger partial charge in [0.25, 0.3) is 0 Å². The minimum absolute atomic E-state index is 0.164. The molecule has 7 rings (SSSR count). The van der Waals surface area contributed by atoms with Crippen molar-refractivity contribution in [2.75, 3.05) is 40.9 Å². The third kappa shape index (κ3) is 5.41. The van der Waals surface area contributed by atoms with Crippen LogP contribution >= 0.6 is 19.8 Å². The van der Waals surface area contributed by atoms with Crippen molar-refractivity contribution in [3.05, 3.63) is 70.5 Å². The van der Waals surface area contributed by atoms with Gasteiger partial charge in [0, 0.05) is 12.6 Å². The van der Waals surface area contributed by atoms with Gasteiger partial charge in [0.1, 0.15) is 0 Å². The fraction of sp³-hybridized carbons (Fsp3) is 0.429. The van der Waals surface area contributed by atoms with Crippen LogP contribution < -0.4 is 20.8 Å². The molecule has 2 fully saturated rings. The van der Waals surface area contributed by atoms with Gasteiger partial charge in [0.05, 0.1) is 0 Å². The van der Waals surface area contributed by atoms with Crippen molar-refractivity contribution >= 4 is 53.1 Å². The Morgan fingerprint density at radius 2 is 1.88 bits per heavy atom. The van der Waals surface area contributed by atoms with E-state index in [1.807, 2.05) is 28.8 Å². The predicted molar refractivity (Wildman–Crippen MR) is 185 cm³/mol. The molecule has 4 heterocycles. The number of rotatable bonds is 9. The molecule has 3 aliphatic heterocycles. The molecule has 7 nitrogen and oxygen atoms in total. The molecule has 0 spiro atoms. The number of fused-ring (bicyclic) bond motifs is 3. The van der Waals surface area contributed by atoms with E-state index in [2.05, 4.69) is 53.8 Å². The first kappa shape index (κ1) is 28.6. The zero-order valence-corrected chi connectivity index (χ0v) is 27.3. The number of nitrogens with zero attached hydrogens (tertiary/aromatic N) is 2. The first-order valence-electron chi connectivity index (χ1n) is 15.8. The molecular weight excluding hydrogens is 651 g/mol. The summed E-state index contributed by atoms with van der Waals surface area (Å²) in [4.78, 5) is 29.6. The first-order valence-corrected chi connectivity index (χ1v) is 20.1. The van der Waals surface area contributed by atoms with Gasteiger partial charge >= 0.3 is 205 Å². The first-order chi connectivity index (χ1) is 21.0. The van der Waals surface area contributed by atoms with Crippen LogP contribution in [0.4, 0.5) is 5.69 Å². The summed E-state index contributed by atoms with van der Waals surface area (Å²) in [5.41, 5.74) is 2.35. The Bertz CT molecular complexity index is 1750. The number of alkyl halides is 3. The maximum atomic E-state index is 13.8. The zero-order valence-electron chi connectivity index (χ0n) is 25.1. The molecule has 1 aromatic heterocycles. The van der Waals surface area contributed by atoms with Crippen molar-refractivity contribution in [3.63, 3.8) is 0 Å². The number of anilines is 1. The number of ether oxygens (including phenoxy) is 1. The molecule has 3 aliphatic rings. The maximum absolute atomic E-state index is 13.8. The quantitative estimate of drug-likeness (QED) is 0.129. The Kier molecular flexibility index (Phi) is 8.07. The zero-order chi connectivity index (χ0) is 29.5. The van der Waals surface area contributed by atoms with Crippen molar-refractivity contribution in [1.29, 1.82) is 0 Å². The molecule has 2 unspecified atom stereocenters. The number of benzene rings is 3. The summed E-state index contributed by atoms with van der Waals surface area (Å²) in [6.07, 6.45) is 8.93. The summed E-state index contributed by atoms with van der Waals surface area (Å²) in [6, 6.07) is 16.6. The van der Waals surface area contributed by atoms with Crippen LogP contribution in [0, 0.1) is 0 Å². The molecule has 0 saturated carbocycles. The second-order valence-electron chi connectivity index (χ2n) is 12.1. The van der Waals surface area contributed by atoms with Gasteiger partial charge in [-0.3, -0.25) is 0 Å². The van der Waals surface area contributed by atoms with E-state index in [9.17, 15) is 9.59 Å². The number of carbonyl (C=O) groups excluding carboxylic acids is 1. The molecule has 0 radical (unpaired) electrons. The number of halogens is 1. The fourth-order valence-corrected chi connectivity index (χ4v) is 14.0. The van der Waals surface area contributed by atoms with Crippen molar-refractivity contribution in [2.24, 2.45) is 0 Å². The minimum atomic E-state index is -0.809. The molecule has 1 amide bonds. The Balaban J connectivity index is 1.25. The summed E-state index contributed by atoms with van der Waals surface area (Å²) >= 11 is -0.809. The Morgan fingerprint density at radius 3 is 2.67 bits per heavy atom. The molecule has 43 heavy (non-hydrogen) atoms. The van der Waals surface area contributed by atoms with Crippen molar-refractivity contribution < 1.29 is 9.53 Å². The summed E-state index contributed by atoms with van der Waals surface area (Å²) < 4.78 is 12.4. The number of aromatic nitrogens is 1. The van der Waals surface area contributed by atoms with Crippen LogP contribution in [-0.2, 0) is 0 Å². The molecular formula is C35H41IN4O3. The standard InChI is InChI=1S/C35H41IN4O3/c1-3-36-16-6-10-25(36)14-17-37-29-13-12-27-32-34(29)43-31-21-24-9-5-4-8-23(24)20-30(31)40(32)22-28(33(27)41)35(42)38-18-15-26-11-7-19-39(26)2/h4-5,8-9,12-13,20-22,25-26,37H,3,6-7,10-11,14-19H2,1-2H3,(H,38,42). The Labute approximate surface area is 260 Å². The van der Waals surface area contributed by atoms with Gasteiger partial charge in [-0.15, -0.1) is 0 Å². The average molecular weight is 693 g/mol. The predicted octanol–water partition coefficient (Wildman–Crippen LogP) is 6.95. The topological polar surface area (TPSA) is 75.6 Å². The van der Waals surface area contributed by atoms with Crippen molar-refractivity contribution in [2.45, 2.75) is 55.4 Å². The van der Waals surface area contributed by atoms with Gasteiger partial charge in [-0.05, 0) is 32.9 Å². The molecule has 226 valence electrons. The molecule has 8 heteroatoms. The molecule has 4 aromatic rings. The number of nitrogens with one attached hydrogen (secondary N) is 2. The SMILES string of the molecule is CCI1CCCC1CCNc1ccc2c(=O)c(C(=O)NCCC3CCCN3C)cn3c2c1Oc1cc2ccccc2cc1-3. The van der Waals surface area contributed by atoms with Crippen LogP contribution in [0.2, 0.25) is 0 Å². The van der Waals surface area contributed by atoms with Crippen LogP contribution in [0.15, 0.2) is 59.5 Å². The molecule has 0 aliphatic carbocycles. The third-order valence-corrected chi connectivity index (χ3v) is 17.4. The summed E-state index contributed by atoms with van der Waals surface area (Å²) in [5.74, 6) is 1.06. The van der Waals surface area contributed by atoms with Crippen molar-refractivity contribution in [3.8, 4) is 17.2 Å². The number of hydrogen-bond acceptors (Lipinski definition) is 5. The number of pyridine rings is 1. The molecule has 2 N–H and O–H groups in total. The second kappa shape index (κ2) is 12.1. The van der Waals surface area contributed by atoms with Gasteiger partial charge < -0.3 is 4.90 Å². The van der Waals surface area contributed by atoms with Gasteiger partial charge in [0.2, 0.25) is 0 Å². The van der Waals surface area contributed by atoms with E-state index >= 15 is 0 Å². The van der Waals surface area contributed by atoms with Gasteiger partial charge in [-0.1, -0.05) is 6.07 Å². The van der Waals surface area contributed by atoms with Gasteiger partial charge in [-0.2, -0.15) is 0 Å². The number of amides is 1.